The number of nitrogens with one attached hydrogen (secondary N) is 1. The standard InChI is InChI=1S/C11H12F3N3O2S/c12-11(13,14)6-1-2-8(7(5-6)9(15)20)17-3-4-19-10(16)18/h1-2,5,17H,3-4H2,(H2,15,20)(H2,16,18). The number of alkyl halides is 3. The van der Waals surface area contributed by atoms with Gasteiger partial charge in [-0.2, -0.15) is 13.2 Å². The summed E-state index contributed by atoms with van der Waals surface area (Å²) in [6.45, 7) is 0.122. The molecular weight excluding hydrogens is 295 g/mol. The lowest BCUT2D eigenvalue weighted by Gasteiger charge is -2.14. The molecule has 0 aromatic heterocycles. The molecule has 20 heavy (non-hydrogen) atoms. The highest BCUT2D eigenvalue weighted by molar-refractivity contribution is 7.80. The van der Waals surface area contributed by atoms with Gasteiger partial charge in [-0.3, -0.25) is 0 Å². The number of benzene rings is 1. The Kier molecular flexibility index (Phi) is 5.14. The highest BCUT2D eigenvalue weighted by atomic mass is 32.1. The first kappa shape index (κ1) is 16.0. The van der Waals surface area contributed by atoms with Crippen molar-refractivity contribution in [3.8, 4) is 0 Å². The molecule has 0 aliphatic rings. The molecule has 0 radical (unpaired) electrons. The molecule has 0 saturated heterocycles. The van der Waals surface area contributed by atoms with Gasteiger partial charge in [0.1, 0.15) is 11.6 Å². The lowest BCUT2D eigenvalue weighted by molar-refractivity contribution is -0.137. The van der Waals surface area contributed by atoms with Crippen LogP contribution in [0.3, 0.4) is 0 Å². The van der Waals surface area contributed by atoms with Gasteiger partial charge in [-0.25, -0.2) is 4.79 Å². The van der Waals surface area contributed by atoms with Crippen molar-refractivity contribution in [3.05, 3.63) is 29.3 Å². The summed E-state index contributed by atoms with van der Waals surface area (Å²) < 4.78 is 42.2. The van der Waals surface area contributed by atoms with Crippen LogP contribution in [0, 0.1) is 0 Å². The smallest absolute Gasteiger partial charge is 0.416 e. The molecule has 1 rings (SSSR count). The first-order valence-electron chi connectivity index (χ1n) is 5.39. The molecule has 110 valence electrons. The summed E-state index contributed by atoms with van der Waals surface area (Å²) in [5.41, 5.74) is 9.69. The molecule has 0 saturated carbocycles. The second-order valence-electron chi connectivity index (χ2n) is 3.72. The number of nitrogens with two attached hydrogens (primary N) is 2. The van der Waals surface area contributed by atoms with Gasteiger partial charge in [0.25, 0.3) is 0 Å². The second kappa shape index (κ2) is 6.42. The first-order chi connectivity index (χ1) is 9.21. The van der Waals surface area contributed by atoms with Gasteiger partial charge in [0.2, 0.25) is 0 Å². The fourth-order valence-electron chi connectivity index (χ4n) is 1.42. The number of carbonyl (C=O) groups is 1. The van der Waals surface area contributed by atoms with Gasteiger partial charge in [-0.1, -0.05) is 12.2 Å². The van der Waals surface area contributed by atoms with Gasteiger partial charge in [0, 0.05) is 17.8 Å². The normalized spacial score (nSPS) is 10.9. The zero-order valence-electron chi connectivity index (χ0n) is 10.2. The quantitative estimate of drug-likeness (QED) is 0.570. The average molecular weight is 307 g/mol. The van der Waals surface area contributed by atoms with E-state index in [1.54, 1.807) is 0 Å². The summed E-state index contributed by atoms with van der Waals surface area (Å²) in [6.07, 6.45) is -5.42. The zero-order valence-corrected chi connectivity index (χ0v) is 11.0. The Hall–Kier alpha value is -2.03. The molecule has 5 nitrogen and oxygen atoms in total. The van der Waals surface area contributed by atoms with Crippen molar-refractivity contribution in [1.29, 1.82) is 0 Å². The molecule has 0 fully saturated rings. The Balaban J connectivity index is 2.86. The van der Waals surface area contributed by atoms with Crippen LogP contribution >= 0.6 is 12.2 Å². The van der Waals surface area contributed by atoms with E-state index in [9.17, 15) is 18.0 Å². The Labute approximate surface area is 118 Å². The maximum Gasteiger partial charge on any atom is 0.416 e. The van der Waals surface area contributed by atoms with E-state index >= 15 is 0 Å². The SMILES string of the molecule is NC(=O)OCCNc1ccc(C(F)(F)F)cc1C(N)=S. The number of ether oxygens (including phenoxy) is 1. The minimum absolute atomic E-state index is 0.0346. The van der Waals surface area contributed by atoms with Crippen LogP contribution in [0.2, 0.25) is 0 Å². The zero-order chi connectivity index (χ0) is 15.3. The van der Waals surface area contributed by atoms with Gasteiger partial charge in [-0.05, 0) is 18.2 Å². The maximum absolute atomic E-state index is 12.6. The van der Waals surface area contributed by atoms with E-state index < -0.39 is 17.8 Å². The fourth-order valence-corrected chi connectivity index (χ4v) is 1.58. The third kappa shape index (κ3) is 4.57. The van der Waals surface area contributed by atoms with Crippen LogP contribution in [0.15, 0.2) is 18.2 Å². The van der Waals surface area contributed by atoms with E-state index in [-0.39, 0.29) is 23.7 Å². The first-order valence-corrected chi connectivity index (χ1v) is 5.80. The summed E-state index contributed by atoms with van der Waals surface area (Å²) in [5.74, 6) is 0. The monoisotopic (exact) mass is 307 g/mol. The van der Waals surface area contributed by atoms with Crippen molar-refractivity contribution in [2.45, 2.75) is 6.18 Å². The maximum atomic E-state index is 12.6. The van der Waals surface area contributed by atoms with E-state index in [2.05, 4.69) is 10.1 Å². The number of rotatable bonds is 5. The molecule has 0 bridgehead atoms. The summed E-state index contributed by atoms with van der Waals surface area (Å²) in [7, 11) is 0. The minimum atomic E-state index is -4.48. The number of halogens is 3. The molecule has 0 spiro atoms. The predicted octanol–water partition coefficient (Wildman–Crippen LogP) is 1.85. The number of primary amides is 1. The Morgan fingerprint density at radius 3 is 2.50 bits per heavy atom. The number of carbonyl (C=O) groups excluding carboxylic acids is 1. The number of thiocarbonyl (C=S) groups is 1. The summed E-state index contributed by atoms with van der Waals surface area (Å²) in [5, 5.41) is 2.76. The Morgan fingerprint density at radius 1 is 1.35 bits per heavy atom. The van der Waals surface area contributed by atoms with Crippen LogP contribution < -0.4 is 16.8 Å². The minimum Gasteiger partial charge on any atom is -0.448 e. The van der Waals surface area contributed by atoms with E-state index in [4.69, 9.17) is 23.7 Å². The van der Waals surface area contributed by atoms with Gasteiger partial charge in [-0.15, -0.1) is 0 Å². The molecule has 0 aliphatic heterocycles. The molecule has 1 aromatic rings. The molecule has 1 amide bonds. The van der Waals surface area contributed by atoms with Crippen LogP contribution in [0.5, 0.6) is 0 Å². The van der Waals surface area contributed by atoms with Crippen molar-refractivity contribution in [2.75, 3.05) is 18.5 Å². The molecule has 0 aliphatic carbocycles. The average Bonchev–Trinajstić information content (AvgIpc) is 2.33. The Bertz CT molecular complexity index is 520. The van der Waals surface area contributed by atoms with Gasteiger partial charge in [0.05, 0.1) is 5.56 Å². The molecular formula is C11H12F3N3O2S. The van der Waals surface area contributed by atoms with Crippen LogP contribution in [0.1, 0.15) is 11.1 Å². The van der Waals surface area contributed by atoms with Crippen molar-refractivity contribution in [1.82, 2.24) is 0 Å². The van der Waals surface area contributed by atoms with Crippen LogP contribution in [0.25, 0.3) is 0 Å². The molecule has 5 N–H and O–H groups in total. The van der Waals surface area contributed by atoms with Crippen molar-refractivity contribution < 1.29 is 22.7 Å². The van der Waals surface area contributed by atoms with Crippen LogP contribution in [0.4, 0.5) is 23.7 Å². The predicted molar refractivity (Wildman–Crippen MR) is 71.4 cm³/mol. The van der Waals surface area contributed by atoms with Gasteiger partial charge >= 0.3 is 12.3 Å². The highest BCUT2D eigenvalue weighted by Gasteiger charge is 2.31. The fraction of sp³-hybridized carbons (Fsp3) is 0.273. The Morgan fingerprint density at radius 2 is 2.00 bits per heavy atom. The van der Waals surface area contributed by atoms with Gasteiger partial charge in [0.15, 0.2) is 0 Å². The van der Waals surface area contributed by atoms with Crippen LogP contribution in [-0.4, -0.2) is 24.2 Å². The molecule has 0 heterocycles. The lowest BCUT2D eigenvalue weighted by atomic mass is 10.1. The number of amides is 1. The third-order valence-corrected chi connectivity index (χ3v) is 2.49. The number of anilines is 1. The molecule has 9 heteroatoms. The molecule has 1 aromatic carbocycles. The number of hydrogen-bond acceptors (Lipinski definition) is 4. The van der Waals surface area contributed by atoms with E-state index in [1.165, 1.54) is 6.07 Å². The largest absolute Gasteiger partial charge is 0.448 e. The highest BCUT2D eigenvalue weighted by Crippen LogP contribution is 2.31. The van der Waals surface area contributed by atoms with Crippen molar-refractivity contribution in [2.24, 2.45) is 11.5 Å². The van der Waals surface area contributed by atoms with Crippen LogP contribution in [-0.2, 0) is 10.9 Å². The second-order valence-corrected chi connectivity index (χ2v) is 4.16. The topological polar surface area (TPSA) is 90.4 Å². The molecule has 0 atom stereocenters. The van der Waals surface area contributed by atoms with E-state index in [0.29, 0.717) is 5.69 Å². The van der Waals surface area contributed by atoms with Gasteiger partial charge < -0.3 is 21.5 Å². The number of hydrogen-bond donors (Lipinski definition) is 3. The summed E-state index contributed by atoms with van der Waals surface area (Å²) in [6, 6.07) is 2.97. The van der Waals surface area contributed by atoms with E-state index in [1.807, 2.05) is 0 Å². The molecule has 0 unspecified atom stereocenters. The summed E-state index contributed by atoms with van der Waals surface area (Å²) in [4.78, 5) is 10.2. The van der Waals surface area contributed by atoms with Crippen molar-refractivity contribution in [3.63, 3.8) is 0 Å². The van der Waals surface area contributed by atoms with E-state index in [0.717, 1.165) is 12.1 Å². The van der Waals surface area contributed by atoms with Crippen molar-refractivity contribution >= 4 is 29.0 Å². The lowest BCUT2D eigenvalue weighted by Crippen LogP contribution is -2.20. The summed E-state index contributed by atoms with van der Waals surface area (Å²) >= 11 is 4.72. The third-order valence-electron chi connectivity index (χ3n) is 2.27.